The number of allylic oxidation sites excluding steroid dienone is 1. The van der Waals surface area contributed by atoms with E-state index < -0.39 is 23.3 Å². The summed E-state index contributed by atoms with van der Waals surface area (Å²) in [4.78, 5) is 35.4. The summed E-state index contributed by atoms with van der Waals surface area (Å²) in [5.74, 6) is 0.285. The van der Waals surface area contributed by atoms with Crippen LogP contribution in [-0.4, -0.2) is 41.7 Å². The van der Waals surface area contributed by atoms with Crippen LogP contribution in [0.4, 0.5) is 18.0 Å². The number of nitrogens with zero attached hydrogens (tertiary/aromatic N) is 1. The van der Waals surface area contributed by atoms with E-state index in [1.165, 1.54) is 11.0 Å². The van der Waals surface area contributed by atoms with Crippen LogP contribution in [0.25, 0.3) is 5.57 Å². The smallest absolute Gasteiger partial charge is 0.420 e. The van der Waals surface area contributed by atoms with E-state index in [0.29, 0.717) is 55.2 Å². The van der Waals surface area contributed by atoms with Crippen molar-refractivity contribution in [3.63, 3.8) is 0 Å². The molecule has 2 heterocycles. The number of benzene rings is 1. The predicted octanol–water partition coefficient (Wildman–Crippen LogP) is 5.31. The number of carbonyl (C=O) groups is 2. The molecule has 0 radical (unpaired) electrons. The Bertz CT molecular complexity index is 972. The molecular weight excluding hydrogens is 453 g/mol. The number of imide groups is 1. The van der Waals surface area contributed by atoms with E-state index in [4.69, 9.17) is 14.5 Å². The lowest BCUT2D eigenvalue weighted by atomic mass is 9.93. The highest BCUT2D eigenvalue weighted by Crippen LogP contribution is 2.47. The number of nitrogens with one attached hydrogen (secondary N) is 1. The normalized spacial score (nSPS) is 17.0. The number of carbonyl (C=O) groups excluding carboxylic acids is 2. The molecule has 3 amide bonds. The standard InChI is InChI=1S/C24H31F3N2O5/c1-5-9-15-13-17-18(24(25,26)27)14-33-34-20(17)16(10-6-2)19(15)32-12-8-7-11-29-21(30)23(3,4)28-22(29)31/h13-14H,5-12H2,1-4H3,(H,28,31). The van der Waals surface area contributed by atoms with Crippen LogP contribution in [0.3, 0.4) is 0 Å². The third-order valence-electron chi connectivity index (χ3n) is 5.78. The number of unbranched alkanes of at least 4 members (excludes halogenated alkanes) is 1. The Balaban J connectivity index is 1.76. The average Bonchev–Trinajstić information content (AvgIpc) is 2.95. The number of urea groups is 1. The van der Waals surface area contributed by atoms with Crippen LogP contribution in [-0.2, 0) is 22.5 Å². The van der Waals surface area contributed by atoms with E-state index in [1.54, 1.807) is 13.8 Å². The summed E-state index contributed by atoms with van der Waals surface area (Å²) < 4.78 is 46.8. The number of amides is 3. The Labute approximate surface area is 197 Å². The van der Waals surface area contributed by atoms with E-state index in [-0.39, 0.29) is 30.4 Å². The van der Waals surface area contributed by atoms with Crippen LogP contribution in [0.2, 0.25) is 0 Å². The van der Waals surface area contributed by atoms with Gasteiger partial charge in [-0.05, 0) is 51.2 Å². The number of aryl methyl sites for hydroxylation is 1. The molecule has 10 heteroatoms. The fourth-order valence-electron chi connectivity index (χ4n) is 4.14. The monoisotopic (exact) mass is 484 g/mol. The molecule has 34 heavy (non-hydrogen) atoms. The maximum atomic E-state index is 13.6. The maximum Gasteiger partial charge on any atom is 0.420 e. The number of ether oxygens (including phenoxy) is 1. The van der Waals surface area contributed by atoms with E-state index in [9.17, 15) is 22.8 Å². The fourth-order valence-corrected chi connectivity index (χ4v) is 4.14. The van der Waals surface area contributed by atoms with Gasteiger partial charge in [0.1, 0.15) is 16.9 Å². The van der Waals surface area contributed by atoms with E-state index in [1.807, 2.05) is 13.8 Å². The second-order valence-corrected chi connectivity index (χ2v) is 9.00. The van der Waals surface area contributed by atoms with Crippen LogP contribution >= 0.6 is 0 Å². The number of halogens is 3. The highest BCUT2D eigenvalue weighted by Gasteiger charge is 2.44. The molecule has 0 bridgehead atoms. The van der Waals surface area contributed by atoms with Crippen molar-refractivity contribution in [3.05, 3.63) is 29.0 Å². The highest BCUT2D eigenvalue weighted by molar-refractivity contribution is 6.06. The second-order valence-electron chi connectivity index (χ2n) is 9.00. The van der Waals surface area contributed by atoms with Crippen LogP contribution in [0.15, 0.2) is 12.3 Å². The molecule has 1 fully saturated rings. The van der Waals surface area contributed by atoms with Gasteiger partial charge in [0.2, 0.25) is 0 Å². The molecule has 0 aliphatic carbocycles. The van der Waals surface area contributed by atoms with Crippen molar-refractivity contribution < 1.29 is 37.3 Å². The molecule has 2 aliphatic rings. The van der Waals surface area contributed by atoms with Gasteiger partial charge in [-0.15, -0.1) is 0 Å². The number of fused-ring (bicyclic) bond motifs is 1. The number of rotatable bonds is 10. The highest BCUT2D eigenvalue weighted by atomic mass is 19.4. The zero-order valence-corrected chi connectivity index (χ0v) is 19.9. The molecule has 0 atom stereocenters. The lowest BCUT2D eigenvalue weighted by molar-refractivity contribution is -0.158. The summed E-state index contributed by atoms with van der Waals surface area (Å²) in [5, 5.41) is 2.64. The Morgan fingerprint density at radius 2 is 1.82 bits per heavy atom. The Morgan fingerprint density at radius 3 is 2.41 bits per heavy atom. The molecule has 1 aromatic rings. The lowest BCUT2D eigenvalue weighted by Gasteiger charge is -2.25. The van der Waals surface area contributed by atoms with Crippen LogP contribution in [0.5, 0.6) is 11.5 Å². The van der Waals surface area contributed by atoms with Gasteiger partial charge in [0, 0.05) is 17.7 Å². The van der Waals surface area contributed by atoms with Crippen LogP contribution in [0, 0.1) is 0 Å². The summed E-state index contributed by atoms with van der Waals surface area (Å²) in [5.41, 5.74) is -0.604. The molecule has 0 aromatic heterocycles. The molecule has 0 saturated carbocycles. The second kappa shape index (κ2) is 10.1. The number of alkyl halides is 3. The summed E-state index contributed by atoms with van der Waals surface area (Å²) in [7, 11) is 0. The first-order chi connectivity index (χ1) is 16.0. The molecule has 3 rings (SSSR count). The number of hydrogen-bond acceptors (Lipinski definition) is 5. The minimum atomic E-state index is -4.58. The summed E-state index contributed by atoms with van der Waals surface area (Å²) in [6.45, 7) is 7.73. The van der Waals surface area contributed by atoms with Crippen LogP contribution in [0.1, 0.15) is 70.1 Å². The minimum absolute atomic E-state index is 0.0353. The van der Waals surface area contributed by atoms with Gasteiger partial charge in [-0.3, -0.25) is 19.5 Å². The predicted molar refractivity (Wildman–Crippen MR) is 119 cm³/mol. The SMILES string of the molecule is CCCc1cc2c(c(CCC)c1OCCCCN1C(=O)NC(C)(C)C1=O)OOC=C2C(F)(F)F. The molecule has 1 aromatic carbocycles. The van der Waals surface area contributed by atoms with Gasteiger partial charge in [0.05, 0.1) is 6.61 Å². The first-order valence-electron chi connectivity index (χ1n) is 11.6. The first kappa shape index (κ1) is 25.7. The van der Waals surface area contributed by atoms with Crippen molar-refractivity contribution in [2.75, 3.05) is 13.2 Å². The molecule has 1 N–H and O–H groups in total. The van der Waals surface area contributed by atoms with Gasteiger partial charge in [-0.1, -0.05) is 26.7 Å². The Kier molecular flexibility index (Phi) is 7.67. The van der Waals surface area contributed by atoms with Gasteiger partial charge in [-0.25, -0.2) is 4.79 Å². The van der Waals surface area contributed by atoms with Crippen molar-refractivity contribution >= 4 is 17.5 Å². The largest absolute Gasteiger partial charge is 0.493 e. The molecule has 7 nitrogen and oxygen atoms in total. The van der Waals surface area contributed by atoms with Gasteiger partial charge in [-0.2, -0.15) is 13.2 Å². The third-order valence-corrected chi connectivity index (χ3v) is 5.78. The summed E-state index contributed by atoms with van der Waals surface area (Å²) in [6, 6.07) is 1.07. The Hall–Kier alpha value is -2.91. The van der Waals surface area contributed by atoms with Gasteiger partial charge < -0.3 is 10.1 Å². The molecule has 188 valence electrons. The van der Waals surface area contributed by atoms with Crippen molar-refractivity contribution in [1.82, 2.24) is 10.2 Å². The average molecular weight is 485 g/mol. The van der Waals surface area contributed by atoms with Crippen molar-refractivity contribution in [1.29, 1.82) is 0 Å². The molecule has 0 unspecified atom stereocenters. The zero-order chi connectivity index (χ0) is 25.1. The quantitative estimate of drug-likeness (QED) is 0.277. The van der Waals surface area contributed by atoms with Crippen molar-refractivity contribution in [2.24, 2.45) is 0 Å². The van der Waals surface area contributed by atoms with E-state index in [2.05, 4.69) is 5.32 Å². The van der Waals surface area contributed by atoms with Gasteiger partial charge in [0.25, 0.3) is 5.91 Å². The van der Waals surface area contributed by atoms with Crippen molar-refractivity contribution in [3.8, 4) is 11.5 Å². The maximum absolute atomic E-state index is 13.6. The zero-order valence-electron chi connectivity index (χ0n) is 19.9. The van der Waals surface area contributed by atoms with E-state index >= 15 is 0 Å². The van der Waals surface area contributed by atoms with Gasteiger partial charge >= 0.3 is 12.2 Å². The summed E-state index contributed by atoms with van der Waals surface area (Å²) >= 11 is 0. The molecular formula is C24H31F3N2O5. The molecule has 0 spiro atoms. The number of hydrogen-bond donors (Lipinski definition) is 1. The minimum Gasteiger partial charge on any atom is -0.493 e. The lowest BCUT2D eigenvalue weighted by Crippen LogP contribution is -2.40. The summed E-state index contributed by atoms with van der Waals surface area (Å²) in [6.07, 6.45) is -0.499. The molecule has 1 saturated heterocycles. The Morgan fingerprint density at radius 1 is 1.12 bits per heavy atom. The molecule has 2 aliphatic heterocycles. The van der Waals surface area contributed by atoms with Crippen LogP contribution < -0.4 is 14.9 Å². The topological polar surface area (TPSA) is 77.1 Å². The van der Waals surface area contributed by atoms with Gasteiger partial charge in [0.15, 0.2) is 12.0 Å². The first-order valence-corrected chi connectivity index (χ1v) is 11.6. The van der Waals surface area contributed by atoms with Crippen molar-refractivity contribution in [2.45, 2.75) is 77.9 Å². The fraction of sp³-hybridized carbons (Fsp3) is 0.583. The van der Waals surface area contributed by atoms with E-state index in [0.717, 1.165) is 6.42 Å². The third kappa shape index (κ3) is 5.26.